The van der Waals surface area contributed by atoms with Gasteiger partial charge >= 0.3 is 0 Å². The van der Waals surface area contributed by atoms with Gasteiger partial charge in [-0.15, -0.1) is 0 Å². The molecule has 1 aliphatic heterocycles. The molecule has 0 saturated carbocycles. The van der Waals surface area contributed by atoms with Crippen molar-refractivity contribution in [2.45, 2.75) is 31.9 Å². The fourth-order valence-electron chi connectivity index (χ4n) is 2.24. The second-order valence-corrected chi connectivity index (χ2v) is 4.56. The van der Waals surface area contributed by atoms with Crippen LogP contribution in [0.2, 0.25) is 0 Å². The van der Waals surface area contributed by atoms with E-state index >= 15 is 0 Å². The van der Waals surface area contributed by atoms with Crippen LogP contribution in [0.1, 0.15) is 30.0 Å². The lowest BCUT2D eigenvalue weighted by molar-refractivity contribution is 0.107. The van der Waals surface area contributed by atoms with Gasteiger partial charge in [0.05, 0.1) is 6.10 Å². The van der Waals surface area contributed by atoms with Crippen molar-refractivity contribution in [3.63, 3.8) is 0 Å². The van der Waals surface area contributed by atoms with E-state index < -0.39 is 0 Å². The van der Waals surface area contributed by atoms with E-state index in [1.807, 2.05) is 18.5 Å². The Kier molecular flexibility index (Phi) is 4.48. The van der Waals surface area contributed by atoms with Crippen molar-refractivity contribution < 1.29 is 4.74 Å². The molecule has 1 aromatic rings. The number of hydrogen-bond acceptors (Lipinski definition) is 4. The predicted molar refractivity (Wildman–Crippen MR) is 67.7 cm³/mol. The predicted octanol–water partition coefficient (Wildman–Crippen LogP) is 1.16. The summed E-state index contributed by atoms with van der Waals surface area (Å²) in [4.78, 5) is 4.17. The molecule has 17 heavy (non-hydrogen) atoms. The molecule has 94 valence electrons. The Bertz CT molecular complexity index is 350. The summed E-state index contributed by atoms with van der Waals surface area (Å²) in [6.45, 7) is 4.44. The Morgan fingerprint density at radius 2 is 2.53 bits per heavy atom. The van der Waals surface area contributed by atoms with Crippen LogP contribution in [0, 0.1) is 6.92 Å². The van der Waals surface area contributed by atoms with E-state index in [4.69, 9.17) is 10.5 Å². The maximum atomic E-state index is 5.83. The molecule has 2 heterocycles. The monoisotopic (exact) mass is 235 g/mol. The molecule has 1 aliphatic rings. The average Bonchev–Trinajstić information content (AvgIpc) is 2.85. The molecule has 4 heteroatoms. The highest BCUT2D eigenvalue weighted by Crippen LogP contribution is 2.17. The van der Waals surface area contributed by atoms with Crippen molar-refractivity contribution in [1.82, 2.24) is 10.3 Å². The molecule has 4 nitrogen and oxygen atoms in total. The van der Waals surface area contributed by atoms with E-state index in [0.717, 1.165) is 19.6 Å². The third-order valence-electron chi connectivity index (χ3n) is 3.31. The first-order valence-electron chi connectivity index (χ1n) is 6.27. The van der Waals surface area contributed by atoms with Crippen LogP contribution in [0.15, 0.2) is 18.5 Å². The molecule has 2 unspecified atom stereocenters. The molecule has 0 aromatic carbocycles. The lowest BCUT2D eigenvalue weighted by Gasteiger charge is -2.20. The standard InChI is InChI=1S/C13H21N3O/c1-10-4-5-15-9-12(10)13(7-14)16-8-11-3-2-6-17-11/h4-5,9,11,13,16H,2-3,6-8,14H2,1H3. The quantitative estimate of drug-likeness (QED) is 0.804. The van der Waals surface area contributed by atoms with E-state index in [2.05, 4.69) is 17.2 Å². The Balaban J connectivity index is 1.94. The van der Waals surface area contributed by atoms with E-state index in [1.54, 1.807) is 0 Å². The summed E-state index contributed by atoms with van der Waals surface area (Å²) in [5.74, 6) is 0. The number of hydrogen-bond donors (Lipinski definition) is 2. The molecule has 1 aromatic heterocycles. The Labute approximate surface area is 103 Å². The number of pyridine rings is 1. The van der Waals surface area contributed by atoms with Crippen molar-refractivity contribution in [3.05, 3.63) is 29.6 Å². The maximum absolute atomic E-state index is 5.83. The van der Waals surface area contributed by atoms with Crippen molar-refractivity contribution in [2.24, 2.45) is 5.73 Å². The first-order valence-corrected chi connectivity index (χ1v) is 6.27. The van der Waals surface area contributed by atoms with Crippen LogP contribution < -0.4 is 11.1 Å². The van der Waals surface area contributed by atoms with Crippen LogP contribution in [0.25, 0.3) is 0 Å². The van der Waals surface area contributed by atoms with Crippen LogP contribution >= 0.6 is 0 Å². The maximum Gasteiger partial charge on any atom is 0.0700 e. The number of nitrogens with zero attached hydrogens (tertiary/aromatic N) is 1. The van der Waals surface area contributed by atoms with E-state index in [1.165, 1.54) is 17.5 Å². The van der Waals surface area contributed by atoms with Crippen LogP contribution in [0.3, 0.4) is 0 Å². The fraction of sp³-hybridized carbons (Fsp3) is 0.615. The summed E-state index contributed by atoms with van der Waals surface area (Å²) < 4.78 is 5.60. The van der Waals surface area contributed by atoms with Gasteiger partial charge in [0.15, 0.2) is 0 Å². The molecule has 3 N–H and O–H groups in total. The van der Waals surface area contributed by atoms with Gasteiger partial charge in [-0.05, 0) is 37.0 Å². The SMILES string of the molecule is Cc1ccncc1C(CN)NCC1CCCO1. The number of ether oxygens (including phenoxy) is 1. The number of nitrogens with one attached hydrogen (secondary N) is 1. The molecule has 0 spiro atoms. The second-order valence-electron chi connectivity index (χ2n) is 4.56. The summed E-state index contributed by atoms with van der Waals surface area (Å²) in [6.07, 6.45) is 6.38. The highest BCUT2D eigenvalue weighted by molar-refractivity contribution is 5.25. The van der Waals surface area contributed by atoms with Gasteiger partial charge in [0.1, 0.15) is 0 Å². The Morgan fingerprint density at radius 1 is 1.65 bits per heavy atom. The van der Waals surface area contributed by atoms with Gasteiger partial charge < -0.3 is 15.8 Å². The zero-order valence-corrected chi connectivity index (χ0v) is 10.4. The van der Waals surface area contributed by atoms with Gasteiger partial charge in [-0.25, -0.2) is 0 Å². The molecule has 0 aliphatic carbocycles. The van der Waals surface area contributed by atoms with Gasteiger partial charge in [0, 0.05) is 38.1 Å². The van der Waals surface area contributed by atoms with Crippen LogP contribution in [-0.2, 0) is 4.74 Å². The molecule has 2 atom stereocenters. The average molecular weight is 235 g/mol. The highest BCUT2D eigenvalue weighted by Gasteiger charge is 2.18. The molecule has 2 rings (SSSR count). The topological polar surface area (TPSA) is 60.2 Å². The molecule has 0 amide bonds. The van der Waals surface area contributed by atoms with Gasteiger partial charge in [-0.2, -0.15) is 0 Å². The van der Waals surface area contributed by atoms with E-state index in [0.29, 0.717) is 12.6 Å². The molecule has 1 fully saturated rings. The zero-order chi connectivity index (χ0) is 12.1. The molecule has 0 radical (unpaired) electrons. The highest BCUT2D eigenvalue weighted by atomic mass is 16.5. The second kappa shape index (κ2) is 6.10. The normalized spacial score (nSPS) is 21.6. The van der Waals surface area contributed by atoms with Crippen LogP contribution in [0.4, 0.5) is 0 Å². The summed E-state index contributed by atoms with van der Waals surface area (Å²) in [5.41, 5.74) is 8.25. The van der Waals surface area contributed by atoms with Crippen molar-refractivity contribution in [3.8, 4) is 0 Å². The molecular weight excluding hydrogens is 214 g/mol. The number of aryl methyl sites for hydroxylation is 1. The van der Waals surface area contributed by atoms with Gasteiger partial charge in [0.25, 0.3) is 0 Å². The summed E-state index contributed by atoms with van der Waals surface area (Å²) in [7, 11) is 0. The Morgan fingerprint density at radius 3 is 3.18 bits per heavy atom. The molecule has 1 saturated heterocycles. The van der Waals surface area contributed by atoms with Crippen molar-refractivity contribution in [1.29, 1.82) is 0 Å². The largest absolute Gasteiger partial charge is 0.377 e. The van der Waals surface area contributed by atoms with E-state index in [-0.39, 0.29) is 6.04 Å². The van der Waals surface area contributed by atoms with Crippen LogP contribution in [0.5, 0.6) is 0 Å². The first-order chi connectivity index (χ1) is 8.31. The lowest BCUT2D eigenvalue weighted by atomic mass is 10.0. The Hall–Kier alpha value is -0.970. The summed E-state index contributed by atoms with van der Waals surface area (Å²) >= 11 is 0. The van der Waals surface area contributed by atoms with Gasteiger partial charge in [-0.1, -0.05) is 0 Å². The minimum Gasteiger partial charge on any atom is -0.377 e. The third kappa shape index (κ3) is 3.25. The van der Waals surface area contributed by atoms with Gasteiger partial charge in [0.2, 0.25) is 0 Å². The fourth-order valence-corrected chi connectivity index (χ4v) is 2.24. The minimum absolute atomic E-state index is 0.174. The number of nitrogens with two attached hydrogens (primary N) is 1. The zero-order valence-electron chi connectivity index (χ0n) is 10.4. The van der Waals surface area contributed by atoms with E-state index in [9.17, 15) is 0 Å². The molecular formula is C13H21N3O. The summed E-state index contributed by atoms with van der Waals surface area (Å²) in [5, 5.41) is 3.48. The van der Waals surface area contributed by atoms with Gasteiger partial charge in [-0.3, -0.25) is 4.98 Å². The smallest absolute Gasteiger partial charge is 0.0700 e. The first kappa shape index (κ1) is 12.5. The minimum atomic E-state index is 0.174. The third-order valence-corrected chi connectivity index (χ3v) is 3.31. The molecule has 0 bridgehead atoms. The van der Waals surface area contributed by atoms with Crippen LogP contribution in [-0.4, -0.2) is 30.8 Å². The van der Waals surface area contributed by atoms with Crippen molar-refractivity contribution >= 4 is 0 Å². The van der Waals surface area contributed by atoms with Crippen molar-refractivity contribution in [2.75, 3.05) is 19.7 Å². The number of aromatic nitrogens is 1. The lowest BCUT2D eigenvalue weighted by Crippen LogP contribution is -2.34. The summed E-state index contributed by atoms with van der Waals surface area (Å²) in [6, 6.07) is 2.19. The number of rotatable bonds is 5.